The van der Waals surface area contributed by atoms with E-state index in [0.29, 0.717) is 37.4 Å². The summed E-state index contributed by atoms with van der Waals surface area (Å²) in [5.41, 5.74) is 1.60. The molecule has 2 N–H and O–H groups in total. The summed E-state index contributed by atoms with van der Waals surface area (Å²) < 4.78 is 5.91. The summed E-state index contributed by atoms with van der Waals surface area (Å²) in [4.78, 5) is 25.2. The largest absolute Gasteiger partial charge is 0.376 e. The maximum Gasteiger partial charge on any atom is 0.319 e. The third-order valence-corrected chi connectivity index (χ3v) is 4.96. The highest BCUT2D eigenvalue weighted by Crippen LogP contribution is 2.26. The highest BCUT2D eigenvalue weighted by atomic mass is 16.5. The van der Waals surface area contributed by atoms with Gasteiger partial charge in [-0.2, -0.15) is 0 Å². The fourth-order valence-corrected chi connectivity index (χ4v) is 3.22. The number of nitrogens with zero attached hydrogens (tertiary/aromatic N) is 1. The minimum absolute atomic E-state index is 0.0154. The van der Waals surface area contributed by atoms with Crippen LogP contribution >= 0.6 is 0 Å². The maximum atomic E-state index is 12.1. The monoisotopic (exact) mass is 361 g/mol. The van der Waals surface area contributed by atoms with Gasteiger partial charge in [-0.05, 0) is 30.4 Å². The zero-order chi connectivity index (χ0) is 18.9. The van der Waals surface area contributed by atoms with Crippen molar-refractivity contribution in [3.63, 3.8) is 0 Å². The number of hydrogen-bond acceptors (Lipinski definition) is 3. The Morgan fingerprint density at radius 2 is 1.96 bits per heavy atom. The molecule has 1 saturated carbocycles. The van der Waals surface area contributed by atoms with Crippen LogP contribution in [0, 0.1) is 5.92 Å². The summed E-state index contributed by atoms with van der Waals surface area (Å²) >= 11 is 0. The Morgan fingerprint density at radius 1 is 1.23 bits per heavy atom. The zero-order valence-corrected chi connectivity index (χ0v) is 16.1. The first-order valence-corrected chi connectivity index (χ1v) is 9.43. The minimum atomic E-state index is -0.261. The Hall–Kier alpha value is -2.08. The van der Waals surface area contributed by atoms with E-state index in [1.54, 1.807) is 11.9 Å². The van der Waals surface area contributed by atoms with Gasteiger partial charge in [0.1, 0.15) is 0 Å². The first-order chi connectivity index (χ1) is 12.5. The number of para-hydroxylation sites is 1. The second kappa shape index (κ2) is 10.2. The van der Waals surface area contributed by atoms with Gasteiger partial charge >= 0.3 is 6.03 Å². The van der Waals surface area contributed by atoms with Crippen LogP contribution in [0.3, 0.4) is 0 Å². The Morgan fingerprint density at radius 3 is 2.69 bits per heavy atom. The third kappa shape index (κ3) is 6.33. The highest BCUT2D eigenvalue weighted by molar-refractivity contribution is 5.90. The van der Waals surface area contributed by atoms with Gasteiger partial charge in [0, 0.05) is 32.7 Å². The van der Waals surface area contributed by atoms with Gasteiger partial charge in [0.05, 0.1) is 12.7 Å². The van der Waals surface area contributed by atoms with E-state index in [1.807, 2.05) is 24.3 Å². The molecule has 0 aliphatic heterocycles. The normalized spacial score (nSPS) is 19.7. The van der Waals surface area contributed by atoms with Crippen molar-refractivity contribution in [1.82, 2.24) is 10.2 Å². The van der Waals surface area contributed by atoms with Crippen LogP contribution in [-0.4, -0.2) is 43.1 Å². The molecule has 6 nitrogen and oxygen atoms in total. The zero-order valence-electron chi connectivity index (χ0n) is 16.1. The molecule has 1 aliphatic rings. The van der Waals surface area contributed by atoms with Crippen LogP contribution in [0.5, 0.6) is 0 Å². The van der Waals surface area contributed by atoms with Gasteiger partial charge in [-0.15, -0.1) is 0 Å². The van der Waals surface area contributed by atoms with Crippen LogP contribution in [-0.2, 0) is 16.1 Å². The molecular formula is C20H31N3O3. The number of nitrogens with one attached hydrogen (secondary N) is 2. The quantitative estimate of drug-likeness (QED) is 0.732. The summed E-state index contributed by atoms with van der Waals surface area (Å²) in [5, 5.41) is 5.69. The molecule has 2 atom stereocenters. The predicted octanol–water partition coefficient (Wildman–Crippen LogP) is 3.38. The van der Waals surface area contributed by atoms with Crippen LogP contribution in [0.2, 0.25) is 0 Å². The molecule has 26 heavy (non-hydrogen) atoms. The number of rotatable bonds is 7. The molecule has 0 radical (unpaired) electrons. The van der Waals surface area contributed by atoms with Gasteiger partial charge in [0.2, 0.25) is 5.91 Å². The van der Waals surface area contributed by atoms with Crippen molar-refractivity contribution in [3.8, 4) is 0 Å². The molecule has 0 spiro atoms. The van der Waals surface area contributed by atoms with Crippen LogP contribution in [0.25, 0.3) is 0 Å². The number of benzene rings is 1. The van der Waals surface area contributed by atoms with Gasteiger partial charge in [-0.25, -0.2) is 4.79 Å². The topological polar surface area (TPSA) is 70.7 Å². The van der Waals surface area contributed by atoms with Gasteiger partial charge in [0.25, 0.3) is 0 Å². The van der Waals surface area contributed by atoms with Crippen molar-refractivity contribution >= 4 is 17.6 Å². The maximum absolute atomic E-state index is 12.1. The molecule has 6 heteroatoms. The molecule has 3 amide bonds. The van der Waals surface area contributed by atoms with Crippen LogP contribution in [0.15, 0.2) is 24.3 Å². The third-order valence-electron chi connectivity index (χ3n) is 4.96. The van der Waals surface area contributed by atoms with E-state index in [4.69, 9.17) is 4.74 Å². The van der Waals surface area contributed by atoms with Gasteiger partial charge < -0.3 is 20.3 Å². The second-order valence-electron chi connectivity index (χ2n) is 7.08. The van der Waals surface area contributed by atoms with E-state index in [2.05, 4.69) is 17.6 Å². The molecule has 2 rings (SSSR count). The average Bonchev–Trinajstić information content (AvgIpc) is 2.61. The number of hydrogen-bond donors (Lipinski definition) is 2. The smallest absolute Gasteiger partial charge is 0.319 e. The number of carbonyl (C=O) groups is 2. The SMILES string of the molecule is CC(=O)N(C)Cc1ccccc1NC(=O)NCCOC1CCCCC1C. The molecule has 0 heterocycles. The molecule has 1 aliphatic carbocycles. The van der Waals surface area contributed by atoms with Crippen LogP contribution < -0.4 is 10.6 Å². The van der Waals surface area contributed by atoms with E-state index < -0.39 is 0 Å². The second-order valence-corrected chi connectivity index (χ2v) is 7.08. The molecule has 1 aromatic carbocycles. The molecule has 2 unspecified atom stereocenters. The van der Waals surface area contributed by atoms with Crippen molar-refractivity contribution in [1.29, 1.82) is 0 Å². The number of urea groups is 1. The number of amides is 3. The summed E-state index contributed by atoms with van der Waals surface area (Å²) in [6, 6.07) is 7.24. The lowest BCUT2D eigenvalue weighted by Crippen LogP contribution is -2.34. The molecule has 0 saturated heterocycles. The standard InChI is InChI=1S/C20H31N3O3/c1-15-8-4-7-11-19(15)26-13-12-21-20(25)22-18-10-6-5-9-17(18)14-23(3)16(2)24/h5-6,9-10,15,19H,4,7-8,11-14H2,1-3H3,(H2,21,22,25). The van der Waals surface area contributed by atoms with Crippen molar-refractivity contribution in [2.45, 2.75) is 52.2 Å². The Balaban J connectivity index is 1.76. The molecule has 0 bridgehead atoms. The van der Waals surface area contributed by atoms with Crippen molar-refractivity contribution in [3.05, 3.63) is 29.8 Å². The fraction of sp³-hybridized carbons (Fsp3) is 0.600. The highest BCUT2D eigenvalue weighted by Gasteiger charge is 2.21. The number of carbonyl (C=O) groups excluding carboxylic acids is 2. The lowest BCUT2D eigenvalue weighted by Gasteiger charge is -2.28. The Bertz CT molecular complexity index is 606. The lowest BCUT2D eigenvalue weighted by atomic mass is 9.88. The summed E-state index contributed by atoms with van der Waals surface area (Å²) in [5.74, 6) is 0.584. The molecule has 1 aromatic rings. The Kier molecular flexibility index (Phi) is 7.91. The van der Waals surface area contributed by atoms with Crippen LogP contribution in [0.4, 0.5) is 10.5 Å². The number of ether oxygens (including phenoxy) is 1. The molecular weight excluding hydrogens is 330 g/mol. The van der Waals surface area contributed by atoms with E-state index >= 15 is 0 Å². The first kappa shape index (κ1) is 20.2. The number of anilines is 1. The summed E-state index contributed by atoms with van der Waals surface area (Å²) in [6.45, 7) is 5.21. The average molecular weight is 361 g/mol. The molecule has 0 aromatic heterocycles. The lowest BCUT2D eigenvalue weighted by molar-refractivity contribution is -0.128. The van der Waals surface area contributed by atoms with Gasteiger partial charge in [0.15, 0.2) is 0 Å². The van der Waals surface area contributed by atoms with E-state index in [9.17, 15) is 9.59 Å². The molecule has 1 fully saturated rings. The van der Waals surface area contributed by atoms with Gasteiger partial charge in [-0.1, -0.05) is 38.0 Å². The predicted molar refractivity (Wildman–Crippen MR) is 103 cm³/mol. The van der Waals surface area contributed by atoms with Gasteiger partial charge in [-0.3, -0.25) is 4.79 Å². The van der Waals surface area contributed by atoms with Crippen molar-refractivity contribution < 1.29 is 14.3 Å². The molecule has 144 valence electrons. The van der Waals surface area contributed by atoms with Crippen molar-refractivity contribution in [2.75, 3.05) is 25.5 Å². The van der Waals surface area contributed by atoms with Crippen LogP contribution in [0.1, 0.15) is 45.1 Å². The Labute approximate surface area is 156 Å². The summed E-state index contributed by atoms with van der Waals surface area (Å²) in [7, 11) is 1.74. The van der Waals surface area contributed by atoms with E-state index in [-0.39, 0.29) is 11.9 Å². The minimum Gasteiger partial charge on any atom is -0.376 e. The van der Waals surface area contributed by atoms with E-state index in [1.165, 1.54) is 26.2 Å². The van der Waals surface area contributed by atoms with Crippen molar-refractivity contribution in [2.24, 2.45) is 5.92 Å². The summed E-state index contributed by atoms with van der Waals surface area (Å²) in [6.07, 6.45) is 5.18. The first-order valence-electron chi connectivity index (χ1n) is 9.43. The van der Waals surface area contributed by atoms with E-state index in [0.717, 1.165) is 12.0 Å². The fourth-order valence-electron chi connectivity index (χ4n) is 3.22.